The van der Waals surface area contributed by atoms with E-state index in [2.05, 4.69) is 5.32 Å². The number of aryl methyl sites for hydroxylation is 1. The molecule has 0 spiro atoms. The highest BCUT2D eigenvalue weighted by atomic mass is 32.2. The number of hydrogen-bond donors (Lipinski definition) is 1. The van der Waals surface area contributed by atoms with E-state index in [9.17, 15) is 18.8 Å². The second kappa shape index (κ2) is 8.61. The summed E-state index contributed by atoms with van der Waals surface area (Å²) in [7, 11) is 0. The fourth-order valence-electron chi connectivity index (χ4n) is 3.21. The van der Waals surface area contributed by atoms with Gasteiger partial charge in [0.05, 0.1) is 4.91 Å². The molecular weight excluding hydrogens is 417 g/mol. The number of thioether (sulfide) groups is 1. The largest absolute Gasteiger partial charge is 0.324 e. The number of imide groups is 1. The molecule has 1 N–H and O–H groups in total. The Hall–Kier alpha value is -3.65. The molecule has 0 bridgehead atoms. The molecule has 1 aromatic heterocycles. The van der Waals surface area contributed by atoms with E-state index in [1.165, 1.54) is 18.2 Å². The Labute approximate surface area is 182 Å². The molecule has 0 saturated carbocycles. The maximum Gasteiger partial charge on any atom is 0.294 e. The van der Waals surface area contributed by atoms with Crippen molar-refractivity contribution in [1.82, 2.24) is 9.47 Å². The van der Waals surface area contributed by atoms with Gasteiger partial charge in [-0.05, 0) is 72.8 Å². The number of halogens is 1. The van der Waals surface area contributed by atoms with E-state index in [0.29, 0.717) is 0 Å². The second-order valence-corrected chi connectivity index (χ2v) is 7.96. The van der Waals surface area contributed by atoms with Gasteiger partial charge in [-0.15, -0.1) is 0 Å². The molecule has 3 aromatic rings. The molecular formula is C23H18FN3O3S. The van der Waals surface area contributed by atoms with Crippen LogP contribution in [-0.4, -0.2) is 33.1 Å². The molecule has 0 aliphatic carbocycles. The fourth-order valence-corrected chi connectivity index (χ4v) is 4.03. The first-order valence-electron chi connectivity index (χ1n) is 9.46. The van der Waals surface area contributed by atoms with E-state index < -0.39 is 29.4 Å². The number of aromatic nitrogens is 1. The van der Waals surface area contributed by atoms with E-state index in [-0.39, 0.29) is 10.6 Å². The van der Waals surface area contributed by atoms with Crippen LogP contribution < -0.4 is 5.32 Å². The smallest absolute Gasteiger partial charge is 0.294 e. The van der Waals surface area contributed by atoms with Crippen LogP contribution in [-0.2, 0) is 9.59 Å². The number of amides is 3. The molecule has 1 saturated heterocycles. The zero-order chi connectivity index (χ0) is 22.0. The Morgan fingerprint density at radius 2 is 1.90 bits per heavy atom. The summed E-state index contributed by atoms with van der Waals surface area (Å²) in [4.78, 5) is 38.5. The van der Waals surface area contributed by atoms with E-state index >= 15 is 0 Å². The lowest BCUT2D eigenvalue weighted by Gasteiger charge is -2.12. The van der Waals surface area contributed by atoms with Gasteiger partial charge in [0.2, 0.25) is 5.91 Å². The van der Waals surface area contributed by atoms with Crippen LogP contribution in [0.5, 0.6) is 0 Å². The Morgan fingerprint density at radius 3 is 2.68 bits per heavy atom. The molecule has 1 aliphatic rings. The van der Waals surface area contributed by atoms with Crippen molar-refractivity contribution in [3.63, 3.8) is 0 Å². The van der Waals surface area contributed by atoms with Gasteiger partial charge in [0.15, 0.2) is 0 Å². The number of rotatable bonds is 5. The Kier molecular flexibility index (Phi) is 5.73. The summed E-state index contributed by atoms with van der Waals surface area (Å²) in [6, 6.07) is 17.0. The molecule has 1 aliphatic heterocycles. The third kappa shape index (κ3) is 4.59. The molecule has 4 rings (SSSR count). The van der Waals surface area contributed by atoms with Crippen molar-refractivity contribution < 1.29 is 18.8 Å². The van der Waals surface area contributed by atoms with Crippen LogP contribution in [0.15, 0.2) is 71.8 Å². The average molecular weight is 435 g/mol. The van der Waals surface area contributed by atoms with Crippen LogP contribution in [0.3, 0.4) is 0 Å². The number of carbonyl (C=O) groups excluding carboxylic acids is 3. The van der Waals surface area contributed by atoms with Gasteiger partial charge < -0.3 is 9.88 Å². The van der Waals surface area contributed by atoms with Crippen molar-refractivity contribution in [3.8, 4) is 5.69 Å². The third-order valence-corrected chi connectivity index (χ3v) is 5.53. The zero-order valence-electron chi connectivity index (χ0n) is 16.5. The first-order chi connectivity index (χ1) is 14.9. The predicted molar refractivity (Wildman–Crippen MR) is 118 cm³/mol. The van der Waals surface area contributed by atoms with Crippen LogP contribution >= 0.6 is 11.8 Å². The number of benzene rings is 2. The molecule has 0 radical (unpaired) electrons. The maximum atomic E-state index is 13.3. The predicted octanol–water partition coefficient (Wildman–Crippen LogP) is 4.60. The Morgan fingerprint density at radius 1 is 1.10 bits per heavy atom. The first kappa shape index (κ1) is 20.6. The molecule has 1 fully saturated rings. The molecule has 0 unspecified atom stereocenters. The molecule has 2 aromatic carbocycles. The van der Waals surface area contributed by atoms with Gasteiger partial charge in [0.1, 0.15) is 12.4 Å². The van der Waals surface area contributed by atoms with Crippen LogP contribution in [0.4, 0.5) is 14.9 Å². The van der Waals surface area contributed by atoms with Gasteiger partial charge in [-0.1, -0.05) is 18.2 Å². The lowest BCUT2D eigenvalue weighted by molar-refractivity contribution is -0.127. The minimum absolute atomic E-state index is 0.233. The molecule has 6 nitrogen and oxygen atoms in total. The molecule has 8 heteroatoms. The summed E-state index contributed by atoms with van der Waals surface area (Å²) in [5.74, 6) is -1.62. The quantitative estimate of drug-likeness (QED) is 0.595. The van der Waals surface area contributed by atoms with E-state index in [1.54, 1.807) is 6.08 Å². The number of nitrogens with one attached hydrogen (secondary N) is 1. The maximum absolute atomic E-state index is 13.3. The fraction of sp³-hybridized carbons (Fsp3) is 0.0870. The highest BCUT2D eigenvalue weighted by Crippen LogP contribution is 2.32. The van der Waals surface area contributed by atoms with E-state index in [0.717, 1.165) is 39.7 Å². The van der Waals surface area contributed by atoms with Gasteiger partial charge in [0.25, 0.3) is 11.1 Å². The normalized spacial score (nSPS) is 15.0. The van der Waals surface area contributed by atoms with Crippen molar-refractivity contribution in [2.75, 3.05) is 11.9 Å². The highest BCUT2D eigenvalue weighted by Gasteiger charge is 2.36. The van der Waals surface area contributed by atoms with E-state index in [1.807, 2.05) is 54.1 Å². The standard InChI is InChI=1S/C23H18FN3O3S/c1-15-5-2-8-18(11-15)26-10-4-9-19(26)13-20-22(29)27(23(30)31-20)14-21(28)25-17-7-3-6-16(24)12-17/h2-13H,14H2,1H3,(H,25,28)/b20-13+. The summed E-state index contributed by atoms with van der Waals surface area (Å²) in [5, 5.41) is 1.96. The van der Waals surface area contributed by atoms with Crippen molar-refractivity contribution in [2.24, 2.45) is 0 Å². The number of anilines is 1. The topological polar surface area (TPSA) is 71.4 Å². The van der Waals surface area contributed by atoms with Crippen molar-refractivity contribution in [2.45, 2.75) is 6.92 Å². The number of hydrogen-bond acceptors (Lipinski definition) is 4. The van der Waals surface area contributed by atoms with Gasteiger partial charge in [-0.25, -0.2) is 4.39 Å². The zero-order valence-corrected chi connectivity index (χ0v) is 17.4. The van der Waals surface area contributed by atoms with Crippen LogP contribution in [0.25, 0.3) is 11.8 Å². The lowest BCUT2D eigenvalue weighted by atomic mass is 10.2. The molecule has 156 valence electrons. The van der Waals surface area contributed by atoms with Crippen LogP contribution in [0, 0.1) is 12.7 Å². The van der Waals surface area contributed by atoms with Gasteiger partial charge in [-0.2, -0.15) is 0 Å². The lowest BCUT2D eigenvalue weighted by Crippen LogP contribution is -2.36. The second-order valence-electron chi connectivity index (χ2n) is 6.97. The van der Waals surface area contributed by atoms with Crippen molar-refractivity contribution in [1.29, 1.82) is 0 Å². The van der Waals surface area contributed by atoms with E-state index in [4.69, 9.17) is 0 Å². The van der Waals surface area contributed by atoms with Crippen molar-refractivity contribution in [3.05, 3.63) is 88.8 Å². The van der Waals surface area contributed by atoms with Crippen LogP contribution in [0.2, 0.25) is 0 Å². The van der Waals surface area contributed by atoms with Crippen molar-refractivity contribution >= 4 is 40.6 Å². The monoisotopic (exact) mass is 435 g/mol. The summed E-state index contributed by atoms with van der Waals surface area (Å²) >= 11 is 0.783. The summed E-state index contributed by atoms with van der Waals surface area (Å²) in [6.07, 6.45) is 3.51. The minimum Gasteiger partial charge on any atom is -0.324 e. The molecule has 2 heterocycles. The average Bonchev–Trinajstić information content (AvgIpc) is 3.28. The Balaban J connectivity index is 1.51. The SMILES string of the molecule is Cc1cccc(-n2cccc2/C=C2/SC(=O)N(CC(=O)Nc3cccc(F)c3)C2=O)c1. The highest BCUT2D eigenvalue weighted by molar-refractivity contribution is 8.18. The van der Waals surface area contributed by atoms with Gasteiger partial charge in [-0.3, -0.25) is 19.3 Å². The summed E-state index contributed by atoms with van der Waals surface area (Å²) in [6.45, 7) is 1.55. The first-order valence-corrected chi connectivity index (χ1v) is 10.3. The molecule has 0 atom stereocenters. The Bertz CT molecular complexity index is 1220. The van der Waals surface area contributed by atoms with Gasteiger partial charge >= 0.3 is 0 Å². The summed E-state index contributed by atoms with van der Waals surface area (Å²) < 4.78 is 15.2. The van der Waals surface area contributed by atoms with Gasteiger partial charge in [0, 0.05) is 23.3 Å². The number of nitrogens with zero attached hydrogens (tertiary/aromatic N) is 2. The molecule has 3 amide bonds. The third-order valence-electron chi connectivity index (χ3n) is 4.62. The van der Waals surface area contributed by atoms with Crippen LogP contribution in [0.1, 0.15) is 11.3 Å². The minimum atomic E-state index is -0.586. The molecule has 31 heavy (non-hydrogen) atoms. The summed E-state index contributed by atoms with van der Waals surface area (Å²) in [5.41, 5.74) is 3.02. The number of carbonyl (C=O) groups is 3.